The molecule has 0 aliphatic rings. The van der Waals surface area contributed by atoms with Crippen LogP contribution in [-0.4, -0.2) is 17.8 Å². The van der Waals surface area contributed by atoms with Crippen molar-refractivity contribution in [3.63, 3.8) is 0 Å². The summed E-state index contributed by atoms with van der Waals surface area (Å²) in [5.74, 6) is 0.389. The van der Waals surface area contributed by atoms with Gasteiger partial charge < -0.3 is 5.73 Å². The molecule has 0 amide bonds. The molecule has 1 unspecified atom stereocenters. The highest BCUT2D eigenvalue weighted by Crippen LogP contribution is 2.29. The van der Waals surface area contributed by atoms with Gasteiger partial charge in [-0.3, -0.25) is 0 Å². The summed E-state index contributed by atoms with van der Waals surface area (Å²) in [6.45, 7) is 2.83. The number of rotatable bonds is 5. The highest BCUT2D eigenvalue weighted by molar-refractivity contribution is 7.98. The van der Waals surface area contributed by atoms with E-state index >= 15 is 0 Å². The van der Waals surface area contributed by atoms with Crippen molar-refractivity contribution in [3.8, 4) is 10.6 Å². The monoisotopic (exact) mass is 278 g/mol. The van der Waals surface area contributed by atoms with Crippen LogP contribution in [0.4, 0.5) is 0 Å². The summed E-state index contributed by atoms with van der Waals surface area (Å²) in [7, 11) is 0. The highest BCUT2D eigenvalue weighted by atomic mass is 32.2. The molecule has 0 saturated heterocycles. The van der Waals surface area contributed by atoms with Gasteiger partial charge in [0.15, 0.2) is 0 Å². The lowest BCUT2D eigenvalue weighted by Gasteiger charge is -2.07. The van der Waals surface area contributed by atoms with Crippen LogP contribution in [-0.2, 0) is 0 Å². The fourth-order valence-corrected chi connectivity index (χ4v) is 3.15. The number of hydrogen-bond acceptors (Lipinski definition) is 4. The maximum Gasteiger partial charge on any atom is 0.123 e. The third-order valence-electron chi connectivity index (χ3n) is 3.05. The molecular weight excluding hydrogens is 260 g/mol. The van der Waals surface area contributed by atoms with Crippen LogP contribution in [0, 0.1) is 0 Å². The van der Waals surface area contributed by atoms with Crippen LogP contribution in [0.15, 0.2) is 34.5 Å². The number of nitrogens with zero attached hydrogens (tertiary/aromatic N) is 1. The molecular formula is C14H18N2S2. The van der Waals surface area contributed by atoms with Crippen molar-refractivity contribution in [2.45, 2.75) is 24.2 Å². The molecule has 1 aromatic heterocycles. The third kappa shape index (κ3) is 2.94. The number of aromatic nitrogens is 1. The first kappa shape index (κ1) is 13.6. The third-order valence-corrected chi connectivity index (χ3v) is 4.71. The minimum atomic E-state index is 0.389. The average Bonchev–Trinajstić information content (AvgIpc) is 2.90. The summed E-state index contributed by atoms with van der Waals surface area (Å²) in [6, 6.07) is 8.55. The van der Waals surface area contributed by atoms with E-state index in [1.54, 1.807) is 23.1 Å². The summed E-state index contributed by atoms with van der Waals surface area (Å²) >= 11 is 3.46. The second-order valence-electron chi connectivity index (χ2n) is 4.15. The Kier molecular flexibility index (Phi) is 4.80. The van der Waals surface area contributed by atoms with E-state index in [0.29, 0.717) is 12.5 Å². The first-order valence-electron chi connectivity index (χ1n) is 6.08. The zero-order valence-electron chi connectivity index (χ0n) is 10.7. The van der Waals surface area contributed by atoms with E-state index in [9.17, 15) is 0 Å². The first-order chi connectivity index (χ1) is 8.78. The van der Waals surface area contributed by atoms with Gasteiger partial charge in [-0.25, -0.2) is 4.98 Å². The van der Waals surface area contributed by atoms with Crippen molar-refractivity contribution in [1.82, 2.24) is 4.98 Å². The molecule has 1 heterocycles. The molecule has 2 rings (SSSR count). The summed E-state index contributed by atoms with van der Waals surface area (Å²) in [6.07, 6.45) is 3.13. The molecule has 1 aromatic carbocycles. The molecule has 0 saturated carbocycles. The maximum atomic E-state index is 5.76. The van der Waals surface area contributed by atoms with E-state index in [1.165, 1.54) is 10.5 Å². The smallest absolute Gasteiger partial charge is 0.123 e. The van der Waals surface area contributed by atoms with E-state index in [0.717, 1.165) is 17.1 Å². The molecule has 1 atom stereocenters. The van der Waals surface area contributed by atoms with Crippen LogP contribution in [0.3, 0.4) is 0 Å². The van der Waals surface area contributed by atoms with Gasteiger partial charge in [0.05, 0.1) is 5.69 Å². The second-order valence-corrected chi connectivity index (χ2v) is 5.88. The van der Waals surface area contributed by atoms with Crippen molar-refractivity contribution in [2.24, 2.45) is 5.73 Å². The van der Waals surface area contributed by atoms with Gasteiger partial charge in [-0.2, -0.15) is 0 Å². The van der Waals surface area contributed by atoms with Gasteiger partial charge in [-0.15, -0.1) is 23.1 Å². The minimum Gasteiger partial charge on any atom is -0.330 e. The number of benzene rings is 1. The zero-order chi connectivity index (χ0) is 13.0. The lowest BCUT2D eigenvalue weighted by Crippen LogP contribution is -2.11. The molecule has 96 valence electrons. The second kappa shape index (κ2) is 6.36. The van der Waals surface area contributed by atoms with E-state index in [4.69, 9.17) is 10.7 Å². The topological polar surface area (TPSA) is 38.9 Å². The number of thioether (sulfide) groups is 1. The van der Waals surface area contributed by atoms with Crippen LogP contribution < -0.4 is 5.73 Å². The Morgan fingerprint density at radius 3 is 2.61 bits per heavy atom. The summed E-state index contributed by atoms with van der Waals surface area (Å²) < 4.78 is 0. The molecule has 0 radical (unpaired) electrons. The Morgan fingerprint density at radius 2 is 2.06 bits per heavy atom. The fraction of sp³-hybridized carbons (Fsp3) is 0.357. The van der Waals surface area contributed by atoms with Crippen molar-refractivity contribution in [1.29, 1.82) is 0 Å². The van der Waals surface area contributed by atoms with Gasteiger partial charge in [0.25, 0.3) is 0 Å². The van der Waals surface area contributed by atoms with Crippen molar-refractivity contribution < 1.29 is 0 Å². The lowest BCUT2D eigenvalue weighted by atomic mass is 10.0. The Balaban J connectivity index is 2.23. The Bertz CT molecular complexity index is 487. The van der Waals surface area contributed by atoms with Gasteiger partial charge in [-0.05, 0) is 24.8 Å². The molecule has 2 nitrogen and oxygen atoms in total. The van der Waals surface area contributed by atoms with Gasteiger partial charge in [0.2, 0.25) is 0 Å². The van der Waals surface area contributed by atoms with Crippen LogP contribution in [0.1, 0.15) is 25.0 Å². The Hall–Kier alpha value is -0.840. The average molecular weight is 278 g/mol. The summed E-state index contributed by atoms with van der Waals surface area (Å²) in [4.78, 5) is 5.99. The summed E-state index contributed by atoms with van der Waals surface area (Å²) in [5.41, 5.74) is 8.09. The van der Waals surface area contributed by atoms with E-state index < -0.39 is 0 Å². The van der Waals surface area contributed by atoms with E-state index in [1.807, 2.05) is 0 Å². The molecule has 0 spiro atoms. The van der Waals surface area contributed by atoms with E-state index in [-0.39, 0.29) is 0 Å². The molecule has 0 fully saturated rings. The molecule has 0 bridgehead atoms. The van der Waals surface area contributed by atoms with Gasteiger partial charge in [-0.1, -0.05) is 19.1 Å². The largest absolute Gasteiger partial charge is 0.330 e. The normalized spacial score (nSPS) is 12.6. The highest BCUT2D eigenvalue weighted by Gasteiger charge is 2.12. The van der Waals surface area contributed by atoms with Gasteiger partial charge in [0.1, 0.15) is 5.01 Å². The van der Waals surface area contributed by atoms with Crippen LogP contribution in [0.25, 0.3) is 10.6 Å². The van der Waals surface area contributed by atoms with Gasteiger partial charge in [0, 0.05) is 28.3 Å². The van der Waals surface area contributed by atoms with Crippen LogP contribution in [0.5, 0.6) is 0 Å². The number of nitrogens with two attached hydrogens (primary N) is 1. The molecule has 18 heavy (non-hydrogen) atoms. The predicted molar refractivity (Wildman–Crippen MR) is 81.4 cm³/mol. The van der Waals surface area contributed by atoms with Crippen molar-refractivity contribution in [2.75, 3.05) is 12.8 Å². The summed E-state index contributed by atoms with van der Waals surface area (Å²) in [5, 5.41) is 3.23. The SMILES string of the molecule is CCC(CN)c1csc(-c2ccc(SC)cc2)n1. The quantitative estimate of drug-likeness (QED) is 0.841. The van der Waals surface area contributed by atoms with Crippen LogP contribution in [0.2, 0.25) is 0 Å². The predicted octanol–water partition coefficient (Wildman–Crippen LogP) is 3.98. The zero-order valence-corrected chi connectivity index (χ0v) is 12.4. The van der Waals surface area contributed by atoms with Crippen molar-refractivity contribution in [3.05, 3.63) is 35.3 Å². The lowest BCUT2D eigenvalue weighted by molar-refractivity contribution is 0.659. The fourth-order valence-electron chi connectivity index (χ4n) is 1.84. The molecule has 4 heteroatoms. The molecule has 0 aliphatic heterocycles. The van der Waals surface area contributed by atoms with Crippen molar-refractivity contribution >= 4 is 23.1 Å². The maximum absolute atomic E-state index is 5.76. The number of thiazole rings is 1. The van der Waals surface area contributed by atoms with Gasteiger partial charge >= 0.3 is 0 Å². The van der Waals surface area contributed by atoms with E-state index in [2.05, 4.69) is 42.8 Å². The molecule has 2 aromatic rings. The number of hydrogen-bond donors (Lipinski definition) is 1. The standard InChI is InChI=1S/C14H18N2S2/c1-3-10(8-15)13-9-18-14(16-13)11-4-6-12(17-2)7-5-11/h4-7,9-10H,3,8,15H2,1-2H3. The minimum absolute atomic E-state index is 0.389. The van der Waals surface area contributed by atoms with Crippen LogP contribution >= 0.6 is 23.1 Å². The molecule has 0 aliphatic carbocycles. The molecule has 2 N–H and O–H groups in total. The first-order valence-corrected chi connectivity index (χ1v) is 8.18. The Morgan fingerprint density at radius 1 is 1.33 bits per heavy atom. The Labute approximate surface area is 117 Å².